The van der Waals surface area contributed by atoms with Crippen LogP contribution < -0.4 is 36.0 Å². The first-order valence-electron chi connectivity index (χ1n) is 14.3. The van der Waals surface area contributed by atoms with E-state index in [1.165, 1.54) is 15.9 Å². The molecule has 0 aromatic heterocycles. The van der Waals surface area contributed by atoms with Gasteiger partial charge in [0, 0.05) is 11.4 Å². The van der Waals surface area contributed by atoms with Gasteiger partial charge in [0.2, 0.25) is 0 Å². The molecule has 5 rings (SSSR count). The van der Waals surface area contributed by atoms with E-state index in [1.807, 2.05) is 62.4 Å². The zero-order chi connectivity index (χ0) is 30.3. The van der Waals surface area contributed by atoms with Gasteiger partial charge in [0.05, 0.1) is 13.2 Å². The van der Waals surface area contributed by atoms with Gasteiger partial charge < -0.3 is 20.1 Å². The number of thiocarbonyl (C=S) groups is 1. The molecule has 0 fully saturated rings. The molecule has 0 atom stereocenters. The Morgan fingerprint density at radius 1 is 0.558 bits per heavy atom. The SMILES string of the molecule is CCOc1ccc(NC(=S)Nc2ccc(OCC)cc2)cc1.ClC[PH](c1ccccc1)(c1ccccc1)c1ccccc1. The summed E-state index contributed by atoms with van der Waals surface area (Å²) in [6.45, 7) is 5.24. The van der Waals surface area contributed by atoms with Gasteiger partial charge in [-0.2, -0.15) is 0 Å². The van der Waals surface area contributed by atoms with E-state index in [0.717, 1.165) is 22.9 Å². The molecule has 4 nitrogen and oxygen atoms in total. The molecule has 43 heavy (non-hydrogen) atoms. The van der Waals surface area contributed by atoms with Crippen molar-refractivity contribution in [2.45, 2.75) is 13.8 Å². The Balaban J connectivity index is 0.000000197. The third kappa shape index (κ3) is 8.81. The molecule has 0 unspecified atom stereocenters. The zero-order valence-electron chi connectivity index (χ0n) is 24.5. The van der Waals surface area contributed by atoms with Crippen LogP contribution in [0.5, 0.6) is 11.5 Å². The van der Waals surface area contributed by atoms with Crippen molar-refractivity contribution >= 4 is 63.5 Å². The van der Waals surface area contributed by atoms with Crippen LogP contribution in [0.3, 0.4) is 0 Å². The number of hydrogen-bond donors (Lipinski definition) is 2. The molecule has 0 aliphatic rings. The van der Waals surface area contributed by atoms with Gasteiger partial charge in [-0.05, 0) is 74.6 Å². The Morgan fingerprint density at radius 2 is 0.884 bits per heavy atom. The van der Waals surface area contributed by atoms with Crippen LogP contribution in [-0.2, 0) is 0 Å². The number of ether oxygens (including phenoxy) is 2. The van der Waals surface area contributed by atoms with E-state index >= 15 is 0 Å². The van der Waals surface area contributed by atoms with Crippen molar-refractivity contribution in [1.29, 1.82) is 0 Å². The van der Waals surface area contributed by atoms with Crippen LogP contribution in [0.4, 0.5) is 11.4 Å². The van der Waals surface area contributed by atoms with Crippen molar-refractivity contribution < 1.29 is 9.47 Å². The average Bonchev–Trinajstić information content (AvgIpc) is 3.06. The molecule has 0 radical (unpaired) electrons. The molecule has 0 spiro atoms. The average molecular weight is 629 g/mol. The summed E-state index contributed by atoms with van der Waals surface area (Å²) in [4.78, 5) is 0. The summed E-state index contributed by atoms with van der Waals surface area (Å²) in [7, 11) is -2.13. The standard InChI is InChI=1S/C19H18ClP.C17H20N2O2S/c20-16-21(17-10-4-1-5-11-17,18-12-6-2-7-13-18)19-14-8-3-9-15-19;1-3-20-15-9-5-13(6-10-15)18-17(22)19-14-7-11-16(12-8-14)21-4-2/h1-15,21H,16H2;5-12H,3-4H2,1-2H3,(H2,18,19,22). The summed E-state index contributed by atoms with van der Waals surface area (Å²) in [5.74, 6) is 1.69. The molecular formula is C36H38ClN2O2PS. The number of alkyl halides is 1. The van der Waals surface area contributed by atoms with E-state index in [4.69, 9.17) is 33.3 Å². The molecule has 5 aromatic rings. The van der Waals surface area contributed by atoms with Crippen LogP contribution in [0, 0.1) is 0 Å². The third-order valence-electron chi connectivity index (χ3n) is 6.85. The van der Waals surface area contributed by atoms with E-state index in [-0.39, 0.29) is 0 Å². The third-order valence-corrected chi connectivity index (χ3v) is 12.6. The first kappa shape index (κ1) is 32.0. The van der Waals surface area contributed by atoms with Crippen molar-refractivity contribution in [2.24, 2.45) is 0 Å². The van der Waals surface area contributed by atoms with Crippen LogP contribution >= 0.6 is 31.1 Å². The fourth-order valence-electron chi connectivity index (χ4n) is 4.80. The van der Waals surface area contributed by atoms with Crippen molar-refractivity contribution in [3.05, 3.63) is 140 Å². The minimum absolute atomic E-state index is 0.535. The maximum absolute atomic E-state index is 6.59. The molecule has 2 N–H and O–H groups in total. The second-order valence-electron chi connectivity index (χ2n) is 9.63. The Hall–Kier alpha value is -3.89. The predicted molar refractivity (Wildman–Crippen MR) is 192 cm³/mol. The number of anilines is 2. The second-order valence-corrected chi connectivity index (χ2v) is 14.7. The summed E-state index contributed by atoms with van der Waals surface area (Å²) in [5, 5.41) is 10.9. The monoisotopic (exact) mass is 628 g/mol. The van der Waals surface area contributed by atoms with Gasteiger partial charge in [-0.3, -0.25) is 0 Å². The van der Waals surface area contributed by atoms with E-state index in [2.05, 4.69) is 102 Å². The molecule has 0 saturated carbocycles. The number of halogens is 1. The fourth-order valence-corrected chi connectivity index (χ4v) is 10.2. The van der Waals surface area contributed by atoms with Crippen LogP contribution in [0.25, 0.3) is 0 Å². The summed E-state index contributed by atoms with van der Waals surface area (Å²) in [5.41, 5.74) is 2.46. The van der Waals surface area contributed by atoms with Gasteiger partial charge in [0.15, 0.2) is 5.11 Å². The minimum atomic E-state index is -2.13. The molecule has 5 aromatic carbocycles. The number of nitrogens with one attached hydrogen (secondary N) is 2. The molecule has 0 bridgehead atoms. The van der Waals surface area contributed by atoms with Gasteiger partial charge in [0.25, 0.3) is 0 Å². The van der Waals surface area contributed by atoms with Crippen molar-refractivity contribution in [3.63, 3.8) is 0 Å². The van der Waals surface area contributed by atoms with E-state index < -0.39 is 7.26 Å². The number of hydrogen-bond acceptors (Lipinski definition) is 3. The van der Waals surface area contributed by atoms with Gasteiger partial charge in [-0.25, -0.2) is 0 Å². The van der Waals surface area contributed by atoms with Gasteiger partial charge in [-0.15, -0.1) is 0 Å². The molecule has 222 valence electrons. The topological polar surface area (TPSA) is 42.5 Å². The Morgan fingerprint density at radius 3 is 1.16 bits per heavy atom. The summed E-state index contributed by atoms with van der Waals surface area (Å²) in [6.07, 6.45) is 0. The first-order chi connectivity index (χ1) is 21.1. The molecule has 0 aliphatic carbocycles. The van der Waals surface area contributed by atoms with Gasteiger partial charge in [-0.1, -0.05) is 0 Å². The summed E-state index contributed by atoms with van der Waals surface area (Å²) >= 11 is 11.9. The normalized spacial score (nSPS) is 11.0. The Kier molecular flexibility index (Phi) is 12.4. The number of rotatable bonds is 10. The summed E-state index contributed by atoms with van der Waals surface area (Å²) in [6, 6.07) is 47.5. The predicted octanol–water partition coefficient (Wildman–Crippen LogP) is 8.20. The van der Waals surface area contributed by atoms with E-state index in [1.54, 1.807) is 0 Å². The molecule has 7 heteroatoms. The molecular weight excluding hydrogens is 591 g/mol. The molecule has 0 amide bonds. The first-order valence-corrected chi connectivity index (χ1v) is 17.5. The molecule has 0 aliphatic heterocycles. The van der Waals surface area contributed by atoms with Crippen LogP contribution in [0.1, 0.15) is 13.8 Å². The van der Waals surface area contributed by atoms with Crippen LogP contribution in [0.2, 0.25) is 0 Å². The Bertz CT molecular complexity index is 1370. The maximum atomic E-state index is 6.59. The van der Waals surface area contributed by atoms with E-state index in [0.29, 0.717) is 23.9 Å². The Labute approximate surface area is 266 Å². The van der Waals surface area contributed by atoms with Gasteiger partial charge in [0.1, 0.15) is 11.5 Å². The molecule has 0 saturated heterocycles. The van der Waals surface area contributed by atoms with Crippen molar-refractivity contribution in [1.82, 2.24) is 0 Å². The zero-order valence-corrected chi connectivity index (χ0v) is 27.1. The van der Waals surface area contributed by atoms with Crippen molar-refractivity contribution in [2.75, 3.05) is 29.5 Å². The van der Waals surface area contributed by atoms with Gasteiger partial charge >= 0.3 is 131 Å². The van der Waals surface area contributed by atoms with Crippen LogP contribution in [0.15, 0.2) is 140 Å². The molecule has 0 heterocycles. The quantitative estimate of drug-likeness (QED) is 0.0927. The second kappa shape index (κ2) is 16.7. The van der Waals surface area contributed by atoms with E-state index in [9.17, 15) is 0 Å². The summed E-state index contributed by atoms with van der Waals surface area (Å²) < 4.78 is 10.8. The van der Waals surface area contributed by atoms with Crippen molar-refractivity contribution in [3.8, 4) is 11.5 Å². The number of benzene rings is 5. The van der Waals surface area contributed by atoms with Crippen LogP contribution in [-0.4, -0.2) is 23.9 Å². The fraction of sp³-hybridized carbons (Fsp3) is 0.139.